The van der Waals surface area contributed by atoms with Crippen LogP contribution in [-0.4, -0.2) is 43.2 Å². The molecule has 0 fully saturated rings. The monoisotopic (exact) mass is 471 g/mol. The van der Waals surface area contributed by atoms with Crippen molar-refractivity contribution in [3.63, 3.8) is 0 Å². The largest absolute Gasteiger partial charge is 0.493 e. The fourth-order valence-corrected chi connectivity index (χ4v) is 4.12. The lowest BCUT2D eigenvalue weighted by molar-refractivity contribution is -0.385. The zero-order valence-corrected chi connectivity index (χ0v) is 19.6. The van der Waals surface area contributed by atoms with E-state index in [0.717, 1.165) is 16.1 Å². The molecule has 0 spiro atoms. The van der Waals surface area contributed by atoms with Gasteiger partial charge in [-0.25, -0.2) is 4.98 Å². The van der Waals surface area contributed by atoms with Crippen molar-refractivity contribution in [2.24, 2.45) is 0 Å². The summed E-state index contributed by atoms with van der Waals surface area (Å²) in [4.78, 5) is 29.7. The van der Waals surface area contributed by atoms with Crippen molar-refractivity contribution in [1.29, 1.82) is 0 Å². The van der Waals surface area contributed by atoms with Gasteiger partial charge in [0.1, 0.15) is 12.2 Å². The Morgan fingerprint density at radius 3 is 2.48 bits per heavy atom. The Bertz CT molecular complexity index is 1130. The Morgan fingerprint density at radius 2 is 1.88 bits per heavy atom. The predicted molar refractivity (Wildman–Crippen MR) is 127 cm³/mol. The van der Waals surface area contributed by atoms with Crippen LogP contribution in [0.4, 0.5) is 10.8 Å². The first-order valence-corrected chi connectivity index (χ1v) is 11.0. The molecule has 0 aliphatic carbocycles. The molecular formula is C23H25N3O6S. The van der Waals surface area contributed by atoms with E-state index < -0.39 is 16.5 Å². The fraction of sp³-hybridized carbons (Fsp3) is 0.304. The van der Waals surface area contributed by atoms with Gasteiger partial charge in [0.25, 0.3) is 11.6 Å². The highest BCUT2D eigenvalue weighted by Gasteiger charge is 2.26. The number of aromatic nitrogens is 1. The lowest BCUT2D eigenvalue weighted by Crippen LogP contribution is -2.15. The number of amides is 1. The van der Waals surface area contributed by atoms with Crippen LogP contribution in [0.25, 0.3) is 11.3 Å². The van der Waals surface area contributed by atoms with E-state index in [1.54, 1.807) is 0 Å². The van der Waals surface area contributed by atoms with E-state index in [0.29, 0.717) is 11.7 Å². The molecule has 174 valence electrons. The molecule has 0 saturated heterocycles. The average molecular weight is 472 g/mol. The molecule has 1 heterocycles. The molecular weight excluding hydrogens is 446 g/mol. The Balaban J connectivity index is 1.94. The van der Waals surface area contributed by atoms with Crippen LogP contribution in [0, 0.1) is 10.1 Å². The van der Waals surface area contributed by atoms with Crippen LogP contribution in [-0.2, 0) is 4.74 Å². The zero-order chi connectivity index (χ0) is 24.0. The molecule has 10 heteroatoms. The van der Waals surface area contributed by atoms with Gasteiger partial charge < -0.3 is 14.2 Å². The van der Waals surface area contributed by atoms with E-state index in [1.165, 1.54) is 37.7 Å². The van der Waals surface area contributed by atoms with Crippen LogP contribution in [0.3, 0.4) is 0 Å². The van der Waals surface area contributed by atoms with Gasteiger partial charge in [0.15, 0.2) is 16.6 Å². The summed E-state index contributed by atoms with van der Waals surface area (Å²) in [6, 6.07) is 12.1. The summed E-state index contributed by atoms with van der Waals surface area (Å²) < 4.78 is 15.7. The minimum Gasteiger partial charge on any atom is -0.493 e. The van der Waals surface area contributed by atoms with Crippen molar-refractivity contribution < 1.29 is 23.9 Å². The Kier molecular flexibility index (Phi) is 7.96. The number of nitrogens with zero attached hydrogens (tertiary/aromatic N) is 2. The number of hydrogen-bond donors (Lipinski definition) is 1. The van der Waals surface area contributed by atoms with Crippen molar-refractivity contribution in [2.45, 2.75) is 19.8 Å². The van der Waals surface area contributed by atoms with Gasteiger partial charge in [0.05, 0.1) is 30.4 Å². The van der Waals surface area contributed by atoms with Gasteiger partial charge in [-0.05, 0) is 5.92 Å². The van der Waals surface area contributed by atoms with Crippen LogP contribution >= 0.6 is 11.3 Å². The van der Waals surface area contributed by atoms with Gasteiger partial charge in [-0.2, -0.15) is 0 Å². The van der Waals surface area contributed by atoms with E-state index in [9.17, 15) is 14.9 Å². The van der Waals surface area contributed by atoms with E-state index >= 15 is 0 Å². The number of carbonyl (C=O) groups is 1. The molecule has 0 bridgehead atoms. The number of hydrogen-bond acceptors (Lipinski definition) is 8. The Morgan fingerprint density at radius 1 is 1.15 bits per heavy atom. The van der Waals surface area contributed by atoms with Gasteiger partial charge >= 0.3 is 0 Å². The van der Waals surface area contributed by atoms with E-state index in [4.69, 9.17) is 14.2 Å². The summed E-state index contributed by atoms with van der Waals surface area (Å²) in [6.07, 6.45) is 0. The minimum absolute atomic E-state index is 0.153. The standard InChI is InChI=1S/C23H25N3O6S/c1-14(2)21-20(15-8-6-5-7-9-15)24-23(33-21)25-22(27)16-12-18(31-4)19(32-11-10-30-3)13-17(16)26(28)29/h5-9,12-14H,10-11H2,1-4H3,(H,24,25,27). The number of rotatable bonds is 10. The van der Waals surface area contributed by atoms with Gasteiger partial charge in [0.2, 0.25) is 0 Å². The SMILES string of the molecule is COCCOc1cc([N+](=O)[O-])c(C(=O)Nc2nc(-c3ccccc3)c(C(C)C)s2)cc1OC. The predicted octanol–water partition coefficient (Wildman–Crippen LogP) is 5.13. The number of methoxy groups -OCH3 is 2. The zero-order valence-electron chi connectivity index (χ0n) is 18.8. The molecule has 1 N–H and O–H groups in total. The van der Waals surface area contributed by atoms with Crippen LogP contribution < -0.4 is 14.8 Å². The van der Waals surface area contributed by atoms with Gasteiger partial charge in [0, 0.05) is 23.6 Å². The molecule has 0 aliphatic heterocycles. The third kappa shape index (κ3) is 5.65. The second kappa shape index (κ2) is 10.9. The molecule has 0 radical (unpaired) electrons. The lowest BCUT2D eigenvalue weighted by atomic mass is 10.1. The highest BCUT2D eigenvalue weighted by molar-refractivity contribution is 7.16. The normalized spacial score (nSPS) is 10.8. The molecule has 0 saturated carbocycles. The minimum atomic E-state index is -0.660. The van der Waals surface area contributed by atoms with Crippen molar-refractivity contribution >= 4 is 28.1 Å². The molecule has 1 amide bonds. The molecule has 3 aromatic rings. The van der Waals surface area contributed by atoms with Crippen LogP contribution in [0.2, 0.25) is 0 Å². The molecule has 0 atom stereocenters. The topological polar surface area (TPSA) is 113 Å². The maximum absolute atomic E-state index is 13.0. The van der Waals surface area contributed by atoms with E-state index in [2.05, 4.69) is 10.3 Å². The summed E-state index contributed by atoms with van der Waals surface area (Å²) in [5.74, 6) is -0.122. The number of anilines is 1. The Hall–Kier alpha value is -3.50. The molecule has 0 unspecified atom stereocenters. The first-order valence-electron chi connectivity index (χ1n) is 10.2. The maximum Gasteiger partial charge on any atom is 0.286 e. The quantitative estimate of drug-likeness (QED) is 0.248. The summed E-state index contributed by atoms with van der Waals surface area (Å²) in [7, 11) is 2.91. The van der Waals surface area contributed by atoms with Crippen molar-refractivity contribution in [3.05, 3.63) is 63.0 Å². The molecule has 9 nitrogen and oxygen atoms in total. The number of nitrogens with one attached hydrogen (secondary N) is 1. The van der Waals surface area contributed by atoms with Crippen molar-refractivity contribution in [3.8, 4) is 22.8 Å². The summed E-state index contributed by atoms with van der Waals surface area (Å²) in [5, 5.41) is 14.8. The number of nitro groups is 1. The summed E-state index contributed by atoms with van der Waals surface area (Å²) in [5.41, 5.74) is 1.16. The van der Waals surface area contributed by atoms with Crippen LogP contribution in [0.5, 0.6) is 11.5 Å². The first-order chi connectivity index (χ1) is 15.8. The third-order valence-electron chi connectivity index (χ3n) is 4.71. The number of thiazole rings is 1. The Labute approximate surface area is 195 Å². The van der Waals surface area contributed by atoms with Gasteiger partial charge in [-0.15, -0.1) is 11.3 Å². The maximum atomic E-state index is 13.0. The lowest BCUT2D eigenvalue weighted by Gasteiger charge is -2.12. The molecule has 3 rings (SSSR count). The third-order valence-corrected chi connectivity index (χ3v) is 5.99. The summed E-state index contributed by atoms with van der Waals surface area (Å²) >= 11 is 1.34. The molecule has 2 aromatic carbocycles. The van der Waals surface area contributed by atoms with E-state index in [-0.39, 0.29) is 29.6 Å². The highest BCUT2D eigenvalue weighted by atomic mass is 32.1. The number of carbonyl (C=O) groups excluding carboxylic acids is 1. The van der Waals surface area contributed by atoms with Crippen LogP contribution in [0.15, 0.2) is 42.5 Å². The van der Waals surface area contributed by atoms with Gasteiger partial charge in [-0.1, -0.05) is 44.2 Å². The molecule has 1 aromatic heterocycles. The van der Waals surface area contributed by atoms with Crippen molar-refractivity contribution in [1.82, 2.24) is 4.98 Å². The van der Waals surface area contributed by atoms with E-state index in [1.807, 2.05) is 44.2 Å². The fourth-order valence-electron chi connectivity index (χ4n) is 3.13. The molecule has 33 heavy (non-hydrogen) atoms. The molecule has 0 aliphatic rings. The smallest absolute Gasteiger partial charge is 0.286 e. The number of ether oxygens (including phenoxy) is 3. The number of benzene rings is 2. The second-order valence-electron chi connectivity index (χ2n) is 7.33. The van der Waals surface area contributed by atoms with Gasteiger partial charge in [-0.3, -0.25) is 20.2 Å². The average Bonchev–Trinajstić information content (AvgIpc) is 3.23. The highest BCUT2D eigenvalue weighted by Crippen LogP contribution is 2.38. The first kappa shape index (κ1) is 24.1. The van der Waals surface area contributed by atoms with Crippen LogP contribution in [0.1, 0.15) is 35.0 Å². The second-order valence-corrected chi connectivity index (χ2v) is 8.36. The number of nitro benzene ring substituents is 1. The summed E-state index contributed by atoms with van der Waals surface area (Å²) in [6.45, 7) is 4.56. The van der Waals surface area contributed by atoms with Crippen molar-refractivity contribution in [2.75, 3.05) is 32.8 Å².